The van der Waals surface area contributed by atoms with Crippen molar-refractivity contribution in [1.29, 1.82) is 0 Å². The minimum atomic E-state index is -0.184. The van der Waals surface area contributed by atoms with Crippen molar-refractivity contribution in [3.8, 4) is 0 Å². The van der Waals surface area contributed by atoms with Gasteiger partial charge in [-0.25, -0.2) is 0 Å². The third-order valence-corrected chi connectivity index (χ3v) is 2.41. The van der Waals surface area contributed by atoms with Gasteiger partial charge in [-0.2, -0.15) is 0 Å². The summed E-state index contributed by atoms with van der Waals surface area (Å²) in [6.07, 6.45) is 5.39. The van der Waals surface area contributed by atoms with Crippen LogP contribution in [0.3, 0.4) is 0 Å². The van der Waals surface area contributed by atoms with Crippen LogP contribution >= 0.6 is 0 Å². The predicted molar refractivity (Wildman–Crippen MR) is 62.4 cm³/mol. The molecule has 0 aromatic heterocycles. The van der Waals surface area contributed by atoms with E-state index in [4.69, 9.17) is 0 Å². The lowest BCUT2D eigenvalue weighted by molar-refractivity contribution is -0.127. The van der Waals surface area contributed by atoms with Gasteiger partial charge in [0.2, 0.25) is 11.8 Å². The molecule has 1 atom stereocenters. The summed E-state index contributed by atoms with van der Waals surface area (Å²) >= 11 is 0. The number of hydrogen-bond donors (Lipinski definition) is 1. The number of likely N-dealkylation sites (tertiary alicyclic amines) is 1. The van der Waals surface area contributed by atoms with Gasteiger partial charge in [0.1, 0.15) is 0 Å². The van der Waals surface area contributed by atoms with Crippen molar-refractivity contribution in [2.75, 3.05) is 6.54 Å². The molecule has 1 aliphatic rings. The van der Waals surface area contributed by atoms with Gasteiger partial charge >= 0.3 is 0 Å². The number of nitrogens with one attached hydrogen (secondary N) is 1. The summed E-state index contributed by atoms with van der Waals surface area (Å²) in [5.41, 5.74) is 0. The van der Waals surface area contributed by atoms with Crippen LogP contribution in [0.15, 0.2) is 24.9 Å². The highest BCUT2D eigenvalue weighted by Gasteiger charge is 2.27. The first-order valence-electron chi connectivity index (χ1n) is 5.46. The van der Waals surface area contributed by atoms with Crippen LogP contribution in [0.2, 0.25) is 0 Å². The first-order valence-corrected chi connectivity index (χ1v) is 5.46. The molecule has 88 valence electrons. The fraction of sp³-hybridized carbons (Fsp3) is 0.500. The van der Waals surface area contributed by atoms with Gasteiger partial charge in [-0.05, 0) is 32.5 Å². The van der Waals surface area contributed by atoms with E-state index in [-0.39, 0.29) is 23.8 Å². The number of carbonyl (C=O) groups is 2. The van der Waals surface area contributed by atoms with Gasteiger partial charge in [-0.15, -0.1) is 0 Å². The number of amides is 2. The highest BCUT2D eigenvalue weighted by atomic mass is 16.2. The van der Waals surface area contributed by atoms with Crippen molar-refractivity contribution < 1.29 is 9.59 Å². The maximum absolute atomic E-state index is 11.6. The molecule has 0 saturated carbocycles. The van der Waals surface area contributed by atoms with Crippen LogP contribution in [0.4, 0.5) is 0 Å². The van der Waals surface area contributed by atoms with Gasteiger partial charge in [0.15, 0.2) is 0 Å². The van der Waals surface area contributed by atoms with Gasteiger partial charge in [0, 0.05) is 12.6 Å². The molecule has 1 saturated heterocycles. The SMILES string of the molecule is C=CN1CCC(C=CC(=O)NC(C)C)C1=O. The Morgan fingerprint density at radius 1 is 1.62 bits per heavy atom. The Kier molecular flexibility index (Phi) is 4.28. The average molecular weight is 222 g/mol. The molecule has 2 amide bonds. The highest BCUT2D eigenvalue weighted by molar-refractivity contribution is 5.90. The minimum absolute atomic E-state index is 0.0172. The second-order valence-electron chi connectivity index (χ2n) is 4.13. The summed E-state index contributed by atoms with van der Waals surface area (Å²) in [7, 11) is 0. The largest absolute Gasteiger partial charge is 0.350 e. The summed E-state index contributed by atoms with van der Waals surface area (Å²) in [5.74, 6) is -0.320. The van der Waals surface area contributed by atoms with Crippen molar-refractivity contribution in [3.63, 3.8) is 0 Å². The van der Waals surface area contributed by atoms with Gasteiger partial charge in [0.05, 0.1) is 5.92 Å². The molecule has 1 rings (SSSR count). The Bertz CT molecular complexity index is 321. The number of hydrogen-bond acceptors (Lipinski definition) is 2. The van der Waals surface area contributed by atoms with Crippen LogP contribution in [-0.2, 0) is 9.59 Å². The third-order valence-electron chi connectivity index (χ3n) is 2.41. The summed E-state index contributed by atoms with van der Waals surface area (Å²) in [5, 5.41) is 2.74. The Morgan fingerprint density at radius 2 is 2.31 bits per heavy atom. The number of nitrogens with zero attached hydrogens (tertiary/aromatic N) is 1. The zero-order valence-corrected chi connectivity index (χ0v) is 9.77. The molecular weight excluding hydrogens is 204 g/mol. The topological polar surface area (TPSA) is 49.4 Å². The fourth-order valence-electron chi connectivity index (χ4n) is 1.62. The van der Waals surface area contributed by atoms with E-state index in [0.29, 0.717) is 6.54 Å². The van der Waals surface area contributed by atoms with Crippen molar-refractivity contribution in [2.45, 2.75) is 26.3 Å². The maximum Gasteiger partial charge on any atom is 0.243 e. The first-order chi connectivity index (χ1) is 7.54. The third kappa shape index (κ3) is 3.22. The molecule has 4 nitrogen and oxygen atoms in total. The molecule has 0 aliphatic carbocycles. The Morgan fingerprint density at radius 3 is 2.81 bits per heavy atom. The molecule has 0 radical (unpaired) electrons. The zero-order chi connectivity index (χ0) is 12.1. The molecule has 1 unspecified atom stereocenters. The second kappa shape index (κ2) is 5.49. The van der Waals surface area contributed by atoms with Crippen LogP contribution in [-0.4, -0.2) is 29.3 Å². The molecular formula is C12H18N2O2. The van der Waals surface area contributed by atoms with E-state index in [1.807, 2.05) is 13.8 Å². The summed E-state index contributed by atoms with van der Waals surface area (Å²) < 4.78 is 0. The molecule has 1 fully saturated rings. The lowest BCUT2D eigenvalue weighted by atomic mass is 10.1. The minimum Gasteiger partial charge on any atom is -0.350 e. The van der Waals surface area contributed by atoms with E-state index in [1.165, 1.54) is 12.3 Å². The molecule has 16 heavy (non-hydrogen) atoms. The number of carbonyl (C=O) groups excluding carboxylic acids is 2. The van der Waals surface area contributed by atoms with Gasteiger partial charge in [0.25, 0.3) is 0 Å². The van der Waals surface area contributed by atoms with Crippen LogP contribution < -0.4 is 5.32 Å². The van der Waals surface area contributed by atoms with Crippen LogP contribution in [0.5, 0.6) is 0 Å². The lowest BCUT2D eigenvalue weighted by Gasteiger charge is -2.08. The molecule has 0 aromatic carbocycles. The standard InChI is InChI=1S/C12H18N2O2/c1-4-14-8-7-10(12(14)16)5-6-11(15)13-9(2)3/h4-6,9-10H,1,7-8H2,2-3H3,(H,13,15). The smallest absolute Gasteiger partial charge is 0.243 e. The van der Waals surface area contributed by atoms with Crippen LogP contribution in [0.25, 0.3) is 0 Å². The molecule has 1 aliphatic heterocycles. The van der Waals surface area contributed by atoms with Crippen LogP contribution in [0.1, 0.15) is 20.3 Å². The van der Waals surface area contributed by atoms with E-state index in [2.05, 4.69) is 11.9 Å². The van der Waals surface area contributed by atoms with Crippen molar-refractivity contribution in [3.05, 3.63) is 24.9 Å². The van der Waals surface area contributed by atoms with E-state index in [0.717, 1.165) is 6.42 Å². The number of rotatable bonds is 4. The van der Waals surface area contributed by atoms with Crippen molar-refractivity contribution in [1.82, 2.24) is 10.2 Å². The average Bonchev–Trinajstić information content (AvgIpc) is 2.55. The Labute approximate surface area is 96.0 Å². The fourth-order valence-corrected chi connectivity index (χ4v) is 1.62. The first kappa shape index (κ1) is 12.5. The summed E-state index contributed by atoms with van der Waals surface area (Å²) in [6.45, 7) is 8.04. The molecule has 1 heterocycles. The second-order valence-corrected chi connectivity index (χ2v) is 4.13. The Balaban J connectivity index is 2.49. The molecule has 0 spiro atoms. The van der Waals surface area contributed by atoms with Crippen molar-refractivity contribution >= 4 is 11.8 Å². The summed E-state index contributed by atoms with van der Waals surface area (Å²) in [4.78, 5) is 24.5. The zero-order valence-electron chi connectivity index (χ0n) is 9.77. The van der Waals surface area contributed by atoms with E-state index < -0.39 is 0 Å². The monoisotopic (exact) mass is 222 g/mol. The lowest BCUT2D eigenvalue weighted by Crippen LogP contribution is -2.28. The van der Waals surface area contributed by atoms with Crippen LogP contribution in [0, 0.1) is 5.92 Å². The molecule has 0 bridgehead atoms. The van der Waals surface area contributed by atoms with Gasteiger partial charge < -0.3 is 10.2 Å². The van der Waals surface area contributed by atoms with Gasteiger partial charge in [-0.3, -0.25) is 9.59 Å². The van der Waals surface area contributed by atoms with Gasteiger partial charge in [-0.1, -0.05) is 12.7 Å². The molecule has 0 aromatic rings. The Hall–Kier alpha value is -1.58. The van der Waals surface area contributed by atoms with E-state index in [9.17, 15) is 9.59 Å². The maximum atomic E-state index is 11.6. The van der Waals surface area contributed by atoms with E-state index >= 15 is 0 Å². The molecule has 4 heteroatoms. The van der Waals surface area contributed by atoms with Crippen molar-refractivity contribution in [2.24, 2.45) is 5.92 Å². The normalized spacial score (nSPS) is 20.8. The quantitative estimate of drug-likeness (QED) is 0.723. The summed E-state index contributed by atoms with van der Waals surface area (Å²) in [6, 6.07) is 0.112. The van der Waals surface area contributed by atoms with E-state index in [1.54, 1.807) is 11.0 Å². The molecule has 1 N–H and O–H groups in total. The highest BCUT2D eigenvalue weighted by Crippen LogP contribution is 2.18. The predicted octanol–water partition coefficient (Wildman–Crippen LogP) is 1.06.